The van der Waals surface area contributed by atoms with Crippen molar-refractivity contribution in [2.75, 3.05) is 20.1 Å². The highest BCUT2D eigenvalue weighted by molar-refractivity contribution is 7.69. The number of aryl methyl sites for hydroxylation is 1. The predicted octanol–water partition coefficient (Wildman–Crippen LogP) is 2.29. The number of thiol groups is 1. The van der Waals surface area contributed by atoms with E-state index in [1.807, 2.05) is 0 Å². The number of piperidine rings is 1. The molecular weight excluding hydrogens is 485 g/mol. The molecule has 0 N–H and O–H groups in total. The zero-order valence-corrected chi connectivity index (χ0v) is 20.3. The molecule has 0 spiro atoms. The van der Waals surface area contributed by atoms with E-state index in [-0.39, 0.29) is 23.9 Å². The van der Waals surface area contributed by atoms with Gasteiger partial charge in [0.15, 0.2) is 5.82 Å². The minimum absolute atomic E-state index is 0.0262. The van der Waals surface area contributed by atoms with Crippen LogP contribution in [0.25, 0.3) is 6.08 Å². The molecule has 2 aromatic rings. The first kappa shape index (κ1) is 25.3. The van der Waals surface area contributed by atoms with Gasteiger partial charge >= 0.3 is 6.18 Å². The van der Waals surface area contributed by atoms with Crippen LogP contribution in [0.1, 0.15) is 48.2 Å². The van der Waals surface area contributed by atoms with Crippen molar-refractivity contribution in [1.29, 1.82) is 0 Å². The molecular formula is C22H27F3N6O3S. The fourth-order valence-corrected chi connectivity index (χ4v) is 5.50. The SMILES string of the molecule is Cc1nnn(Cc2cc(C(F)(F)F)ccc2/C=C/C(=O)N2CCC(C3(N(C)[SH](=O)=O)CC3)CC2)n1. The maximum atomic E-state index is 13.2. The third kappa shape index (κ3) is 5.56. The summed E-state index contributed by atoms with van der Waals surface area (Å²) in [6, 6.07) is 3.33. The van der Waals surface area contributed by atoms with Crippen LogP contribution in [0.15, 0.2) is 24.3 Å². The quantitative estimate of drug-likeness (QED) is 0.451. The van der Waals surface area contributed by atoms with Gasteiger partial charge in [-0.2, -0.15) is 18.0 Å². The van der Waals surface area contributed by atoms with Gasteiger partial charge in [-0.1, -0.05) is 6.07 Å². The number of carbonyl (C=O) groups excluding carboxylic acids is 1. The molecule has 2 heterocycles. The summed E-state index contributed by atoms with van der Waals surface area (Å²) >= 11 is 0. The third-order valence-corrected chi connectivity index (χ3v) is 7.85. The smallest absolute Gasteiger partial charge is 0.339 e. The van der Waals surface area contributed by atoms with Crippen molar-refractivity contribution >= 4 is 22.9 Å². The van der Waals surface area contributed by atoms with Gasteiger partial charge in [0.25, 0.3) is 0 Å². The van der Waals surface area contributed by atoms with Crippen LogP contribution in [0.3, 0.4) is 0 Å². The van der Waals surface area contributed by atoms with Crippen LogP contribution in [0, 0.1) is 12.8 Å². The first-order valence-corrected chi connectivity index (χ1v) is 12.4. The Morgan fingerprint density at radius 3 is 2.49 bits per heavy atom. The van der Waals surface area contributed by atoms with Crippen LogP contribution in [-0.4, -0.2) is 69.4 Å². The minimum Gasteiger partial charge on any atom is -0.339 e. The highest BCUT2D eigenvalue weighted by Gasteiger charge is 2.54. The number of hydrogen-bond donors (Lipinski definition) is 1. The number of amides is 1. The van der Waals surface area contributed by atoms with Crippen molar-refractivity contribution in [2.24, 2.45) is 5.92 Å². The first-order chi connectivity index (χ1) is 16.5. The van der Waals surface area contributed by atoms with Crippen molar-refractivity contribution in [2.45, 2.75) is 50.9 Å². The van der Waals surface area contributed by atoms with Crippen LogP contribution in [0.5, 0.6) is 0 Å². The van der Waals surface area contributed by atoms with E-state index in [0.29, 0.717) is 42.9 Å². The van der Waals surface area contributed by atoms with E-state index >= 15 is 0 Å². The van der Waals surface area contributed by atoms with E-state index < -0.39 is 22.6 Å². The summed E-state index contributed by atoms with van der Waals surface area (Å²) in [6.07, 6.45) is 1.44. The first-order valence-electron chi connectivity index (χ1n) is 11.3. The van der Waals surface area contributed by atoms with E-state index in [9.17, 15) is 26.4 Å². The van der Waals surface area contributed by atoms with Gasteiger partial charge < -0.3 is 4.90 Å². The molecule has 0 bridgehead atoms. The van der Waals surface area contributed by atoms with Crippen molar-refractivity contribution in [3.8, 4) is 0 Å². The van der Waals surface area contributed by atoms with Crippen LogP contribution in [0.4, 0.5) is 13.2 Å². The summed E-state index contributed by atoms with van der Waals surface area (Å²) in [7, 11) is -1.03. The topological polar surface area (TPSA) is 101 Å². The zero-order chi connectivity index (χ0) is 25.4. The average Bonchev–Trinajstić information content (AvgIpc) is 3.53. The number of nitrogens with zero attached hydrogens (tertiary/aromatic N) is 6. The Morgan fingerprint density at radius 2 is 1.94 bits per heavy atom. The maximum Gasteiger partial charge on any atom is 0.416 e. The van der Waals surface area contributed by atoms with Crippen molar-refractivity contribution in [3.05, 3.63) is 46.8 Å². The zero-order valence-electron chi connectivity index (χ0n) is 19.4. The van der Waals surface area contributed by atoms with E-state index in [4.69, 9.17) is 0 Å². The van der Waals surface area contributed by atoms with Gasteiger partial charge in [0.05, 0.1) is 12.1 Å². The summed E-state index contributed by atoms with van der Waals surface area (Å²) in [5.74, 6) is 0.361. The second-order valence-electron chi connectivity index (χ2n) is 9.08. The number of tetrazole rings is 1. The Hall–Kier alpha value is -2.80. The minimum atomic E-state index is -4.50. The molecule has 2 aliphatic rings. The van der Waals surface area contributed by atoms with E-state index in [1.165, 1.54) is 27.3 Å². The Kier molecular flexibility index (Phi) is 7.00. The number of hydrogen-bond acceptors (Lipinski definition) is 6. The standard InChI is InChI=1S/C22H27F3N6O3S/c1-15-26-28-31(27-15)14-17-13-19(22(23,24)25)5-3-16(17)4-6-20(32)30-11-7-18(8-12-30)21(9-10-21)29(2)35(33)34/h3-6,13,18,35H,7-12,14H2,1-2H3/b6-4+. The summed E-state index contributed by atoms with van der Waals surface area (Å²) < 4.78 is 64.1. The lowest BCUT2D eigenvalue weighted by atomic mass is 9.87. The second kappa shape index (κ2) is 9.69. The summed E-state index contributed by atoms with van der Waals surface area (Å²) in [5.41, 5.74) is -0.351. The molecule has 9 nitrogen and oxygen atoms in total. The van der Waals surface area contributed by atoms with Crippen LogP contribution >= 0.6 is 0 Å². The monoisotopic (exact) mass is 512 g/mol. The maximum absolute atomic E-state index is 13.2. The molecule has 1 saturated carbocycles. The molecule has 35 heavy (non-hydrogen) atoms. The largest absolute Gasteiger partial charge is 0.416 e. The molecule has 1 amide bonds. The van der Waals surface area contributed by atoms with Gasteiger partial charge in [-0.3, -0.25) is 4.79 Å². The van der Waals surface area contributed by atoms with E-state index in [2.05, 4.69) is 15.4 Å². The Bertz CT molecular complexity index is 1190. The number of aromatic nitrogens is 4. The number of alkyl halides is 3. The third-order valence-electron chi connectivity index (χ3n) is 6.96. The number of likely N-dealkylation sites (tertiary alicyclic amines) is 1. The molecule has 1 aliphatic carbocycles. The Labute approximate surface area is 202 Å². The fraction of sp³-hybridized carbons (Fsp3) is 0.545. The van der Waals surface area contributed by atoms with Crippen LogP contribution < -0.4 is 0 Å². The van der Waals surface area contributed by atoms with E-state index in [0.717, 1.165) is 25.0 Å². The molecule has 0 unspecified atom stereocenters. The molecule has 0 radical (unpaired) electrons. The molecule has 2 fully saturated rings. The summed E-state index contributed by atoms with van der Waals surface area (Å²) in [4.78, 5) is 15.7. The van der Waals surface area contributed by atoms with E-state index in [1.54, 1.807) is 18.9 Å². The lowest BCUT2D eigenvalue weighted by Gasteiger charge is -2.38. The van der Waals surface area contributed by atoms with Crippen molar-refractivity contribution in [3.63, 3.8) is 0 Å². The van der Waals surface area contributed by atoms with Gasteiger partial charge in [-0.15, -0.1) is 10.2 Å². The normalized spacial score (nSPS) is 18.7. The van der Waals surface area contributed by atoms with Gasteiger partial charge in [0, 0.05) is 31.8 Å². The van der Waals surface area contributed by atoms with Crippen molar-refractivity contribution in [1.82, 2.24) is 29.4 Å². The van der Waals surface area contributed by atoms with Gasteiger partial charge in [-0.05, 0) is 73.1 Å². The van der Waals surface area contributed by atoms with Gasteiger partial charge in [0.1, 0.15) is 0 Å². The van der Waals surface area contributed by atoms with Gasteiger partial charge in [0.2, 0.25) is 16.8 Å². The molecule has 190 valence electrons. The number of benzene rings is 1. The second-order valence-corrected chi connectivity index (χ2v) is 10.2. The highest BCUT2D eigenvalue weighted by Crippen LogP contribution is 2.50. The molecule has 13 heteroatoms. The molecule has 0 atom stereocenters. The lowest BCUT2D eigenvalue weighted by Crippen LogP contribution is -2.46. The van der Waals surface area contributed by atoms with Crippen LogP contribution in [-0.2, 0) is 28.4 Å². The van der Waals surface area contributed by atoms with Crippen molar-refractivity contribution < 1.29 is 26.4 Å². The summed E-state index contributed by atoms with van der Waals surface area (Å²) in [6.45, 7) is 2.60. The lowest BCUT2D eigenvalue weighted by molar-refractivity contribution is -0.137. The number of halogens is 3. The molecule has 4 rings (SSSR count). The van der Waals surface area contributed by atoms with Crippen LogP contribution in [0.2, 0.25) is 0 Å². The predicted molar refractivity (Wildman–Crippen MR) is 121 cm³/mol. The molecule has 1 aromatic heterocycles. The fourth-order valence-electron chi connectivity index (χ4n) is 4.81. The number of rotatable bonds is 7. The average molecular weight is 513 g/mol. The Balaban J connectivity index is 1.45. The van der Waals surface area contributed by atoms with Gasteiger partial charge in [-0.25, -0.2) is 12.7 Å². The molecule has 1 aliphatic heterocycles. The molecule has 1 aromatic carbocycles. The summed E-state index contributed by atoms with van der Waals surface area (Å²) in [5, 5.41) is 11.6. The Morgan fingerprint density at radius 1 is 1.26 bits per heavy atom. The highest BCUT2D eigenvalue weighted by atomic mass is 32.2. The number of carbonyl (C=O) groups is 1. The molecule has 1 saturated heterocycles.